The summed E-state index contributed by atoms with van der Waals surface area (Å²) in [6.45, 7) is 0. The Bertz CT molecular complexity index is 703. The van der Waals surface area contributed by atoms with E-state index < -0.39 is 11.9 Å². The zero-order valence-electron chi connectivity index (χ0n) is 11.9. The molecular weight excluding hydrogens is 366 g/mol. The number of ether oxygens (including phenoxy) is 1. The summed E-state index contributed by atoms with van der Waals surface area (Å²) < 4.78 is 5.39. The number of amides is 1. The van der Waals surface area contributed by atoms with Crippen LogP contribution < -0.4 is 5.32 Å². The number of carbonyl (C=O) groups is 3. The molecule has 6 atom stereocenters. The zero-order valence-corrected chi connectivity index (χ0v) is 13.5. The summed E-state index contributed by atoms with van der Waals surface area (Å²) in [6.07, 6.45) is 0.726. The second kappa shape index (κ2) is 5.06. The van der Waals surface area contributed by atoms with Crippen LogP contribution in [0.2, 0.25) is 0 Å². The van der Waals surface area contributed by atoms with Crippen LogP contribution in [0.5, 0.6) is 0 Å². The van der Waals surface area contributed by atoms with Gasteiger partial charge in [0.2, 0.25) is 5.91 Å². The van der Waals surface area contributed by atoms with Crippen LogP contribution in [0.3, 0.4) is 0 Å². The van der Waals surface area contributed by atoms with Crippen LogP contribution in [-0.4, -0.2) is 33.9 Å². The summed E-state index contributed by atoms with van der Waals surface area (Å²) in [5.41, 5.74) is 0.683. The minimum Gasteiger partial charge on any atom is -0.478 e. The number of esters is 1. The van der Waals surface area contributed by atoms with E-state index in [4.69, 9.17) is 9.84 Å². The van der Waals surface area contributed by atoms with Gasteiger partial charge in [0.1, 0.15) is 6.10 Å². The van der Waals surface area contributed by atoms with Gasteiger partial charge in [-0.05, 0) is 36.6 Å². The SMILES string of the molecule is O=C(O)c1ccc(NC(=O)[C@@H]2[C@H]3C[C@H]4[C@H](OC(=O)[C@H]42)[C@@H]3Br)cc1. The first kappa shape index (κ1) is 14.7. The Morgan fingerprint density at radius 1 is 1.22 bits per heavy atom. The van der Waals surface area contributed by atoms with Crippen LogP contribution in [0.1, 0.15) is 16.8 Å². The van der Waals surface area contributed by atoms with E-state index in [2.05, 4.69) is 21.2 Å². The predicted molar refractivity (Wildman–Crippen MR) is 83.2 cm³/mol. The molecule has 23 heavy (non-hydrogen) atoms. The lowest BCUT2D eigenvalue weighted by Gasteiger charge is -2.27. The van der Waals surface area contributed by atoms with Crippen molar-refractivity contribution in [2.75, 3.05) is 5.32 Å². The number of nitrogens with one attached hydrogen (secondary N) is 1. The molecule has 2 bridgehead atoms. The van der Waals surface area contributed by atoms with Gasteiger partial charge in [-0.3, -0.25) is 9.59 Å². The number of halogens is 1. The summed E-state index contributed by atoms with van der Waals surface area (Å²) in [6, 6.07) is 5.98. The minimum absolute atomic E-state index is 0.0281. The summed E-state index contributed by atoms with van der Waals surface area (Å²) >= 11 is 3.57. The topological polar surface area (TPSA) is 92.7 Å². The highest BCUT2D eigenvalue weighted by Gasteiger charge is 2.67. The third-order valence-corrected chi connectivity index (χ3v) is 6.43. The van der Waals surface area contributed by atoms with Crippen molar-refractivity contribution in [1.82, 2.24) is 0 Å². The fourth-order valence-electron chi connectivity index (χ4n) is 4.25. The smallest absolute Gasteiger partial charge is 0.335 e. The van der Waals surface area contributed by atoms with Crippen molar-refractivity contribution in [3.63, 3.8) is 0 Å². The molecule has 2 saturated carbocycles. The van der Waals surface area contributed by atoms with Crippen molar-refractivity contribution in [2.45, 2.75) is 17.4 Å². The molecule has 1 saturated heterocycles. The molecule has 7 heteroatoms. The van der Waals surface area contributed by atoms with Gasteiger partial charge in [-0.25, -0.2) is 4.79 Å². The average Bonchev–Trinajstić information content (AvgIpc) is 3.12. The summed E-state index contributed by atoms with van der Waals surface area (Å²) in [4.78, 5) is 35.6. The maximum atomic E-state index is 12.6. The van der Waals surface area contributed by atoms with Gasteiger partial charge in [0.25, 0.3) is 0 Å². The Kier molecular flexibility index (Phi) is 3.23. The second-order valence-corrected chi connectivity index (χ2v) is 7.39. The normalized spacial score (nSPS) is 36.8. The maximum Gasteiger partial charge on any atom is 0.335 e. The van der Waals surface area contributed by atoms with Crippen molar-refractivity contribution in [3.8, 4) is 0 Å². The number of carbonyl (C=O) groups excluding carboxylic acids is 2. The lowest BCUT2D eigenvalue weighted by molar-refractivity contribution is -0.145. The van der Waals surface area contributed by atoms with Gasteiger partial charge in [0, 0.05) is 11.6 Å². The molecular formula is C16H14BrNO5. The molecule has 4 rings (SSSR count). The first-order chi connectivity index (χ1) is 11.0. The number of hydrogen-bond acceptors (Lipinski definition) is 4. The van der Waals surface area contributed by atoms with Gasteiger partial charge in [-0.15, -0.1) is 0 Å². The lowest BCUT2D eigenvalue weighted by atomic mass is 9.79. The van der Waals surface area contributed by atoms with Crippen LogP contribution >= 0.6 is 15.9 Å². The number of anilines is 1. The van der Waals surface area contributed by atoms with Crippen LogP contribution in [0.25, 0.3) is 0 Å². The molecule has 0 unspecified atom stereocenters. The molecule has 1 aliphatic heterocycles. The van der Waals surface area contributed by atoms with Gasteiger partial charge >= 0.3 is 11.9 Å². The predicted octanol–water partition coefficient (Wildman–Crippen LogP) is 1.89. The summed E-state index contributed by atoms with van der Waals surface area (Å²) in [5.74, 6) is -2.01. The Morgan fingerprint density at radius 2 is 1.91 bits per heavy atom. The monoisotopic (exact) mass is 379 g/mol. The quantitative estimate of drug-likeness (QED) is 0.617. The van der Waals surface area contributed by atoms with E-state index in [0.29, 0.717) is 5.69 Å². The van der Waals surface area contributed by atoms with Crippen LogP contribution in [-0.2, 0) is 14.3 Å². The molecule has 2 N–H and O–H groups in total. The van der Waals surface area contributed by atoms with Gasteiger partial charge in [0.15, 0.2) is 0 Å². The average molecular weight is 380 g/mol. The van der Waals surface area contributed by atoms with Crippen molar-refractivity contribution in [3.05, 3.63) is 29.8 Å². The Hall–Kier alpha value is -1.89. The van der Waals surface area contributed by atoms with Crippen LogP contribution in [0.15, 0.2) is 24.3 Å². The summed E-state index contributed by atoms with van der Waals surface area (Å²) in [5, 5.41) is 11.7. The molecule has 6 nitrogen and oxygen atoms in total. The van der Waals surface area contributed by atoms with E-state index in [9.17, 15) is 14.4 Å². The van der Waals surface area contributed by atoms with Crippen molar-refractivity contribution in [1.29, 1.82) is 0 Å². The van der Waals surface area contributed by atoms with E-state index in [1.54, 1.807) is 12.1 Å². The Balaban J connectivity index is 1.53. The fraction of sp³-hybridized carbons (Fsp3) is 0.438. The molecule has 0 aromatic heterocycles. The van der Waals surface area contributed by atoms with Crippen molar-refractivity contribution < 1.29 is 24.2 Å². The molecule has 1 aromatic rings. The molecule has 3 aliphatic rings. The molecule has 0 radical (unpaired) electrons. The number of carboxylic acid groups (broad SMARTS) is 1. The first-order valence-electron chi connectivity index (χ1n) is 7.46. The third kappa shape index (κ3) is 2.09. The fourth-order valence-corrected chi connectivity index (χ4v) is 5.30. The maximum absolute atomic E-state index is 12.6. The molecule has 1 heterocycles. The van der Waals surface area contributed by atoms with E-state index in [-0.39, 0.29) is 46.1 Å². The van der Waals surface area contributed by atoms with E-state index >= 15 is 0 Å². The molecule has 1 amide bonds. The Morgan fingerprint density at radius 3 is 2.57 bits per heavy atom. The number of benzene rings is 1. The zero-order chi connectivity index (χ0) is 16.3. The standard InChI is InChI=1S/C16H14BrNO5/c17-12-8-5-9-11(16(22)23-13(9)12)10(8)14(19)18-7-3-1-6(2-4-7)15(20)21/h1-4,8-13H,5H2,(H,18,19)(H,20,21)/t8-,9-,10-,11-,12-,13+/m1/s1. The highest BCUT2D eigenvalue weighted by Crippen LogP contribution is 2.60. The van der Waals surface area contributed by atoms with E-state index in [0.717, 1.165) is 6.42 Å². The molecule has 0 spiro atoms. The number of carboxylic acids is 1. The molecule has 120 valence electrons. The third-order valence-electron chi connectivity index (χ3n) is 5.23. The van der Waals surface area contributed by atoms with Crippen LogP contribution in [0, 0.1) is 23.7 Å². The Labute approximate surface area is 140 Å². The van der Waals surface area contributed by atoms with E-state index in [1.807, 2.05) is 0 Å². The van der Waals surface area contributed by atoms with Gasteiger partial charge < -0.3 is 15.2 Å². The van der Waals surface area contributed by atoms with Gasteiger partial charge in [0.05, 0.1) is 22.2 Å². The highest BCUT2D eigenvalue weighted by molar-refractivity contribution is 9.09. The number of aromatic carboxylic acids is 1. The van der Waals surface area contributed by atoms with Gasteiger partial charge in [-0.2, -0.15) is 0 Å². The molecule has 1 aromatic carbocycles. The van der Waals surface area contributed by atoms with Crippen LogP contribution in [0.4, 0.5) is 5.69 Å². The lowest BCUT2D eigenvalue weighted by Crippen LogP contribution is -2.40. The minimum atomic E-state index is -1.02. The summed E-state index contributed by atoms with van der Waals surface area (Å²) in [7, 11) is 0. The number of fused-ring (bicyclic) bond motifs is 1. The highest BCUT2D eigenvalue weighted by atomic mass is 79.9. The largest absolute Gasteiger partial charge is 0.478 e. The number of rotatable bonds is 3. The second-order valence-electron chi connectivity index (χ2n) is 6.33. The van der Waals surface area contributed by atoms with Crippen molar-refractivity contribution >= 4 is 39.5 Å². The molecule has 3 fully saturated rings. The first-order valence-corrected chi connectivity index (χ1v) is 8.37. The van der Waals surface area contributed by atoms with E-state index in [1.165, 1.54) is 12.1 Å². The number of hydrogen-bond donors (Lipinski definition) is 2. The van der Waals surface area contributed by atoms with Crippen molar-refractivity contribution in [2.24, 2.45) is 23.7 Å². The van der Waals surface area contributed by atoms with Gasteiger partial charge in [-0.1, -0.05) is 15.9 Å². The molecule has 2 aliphatic carbocycles. The number of alkyl halides is 1.